The number of hydrogen-bond acceptors (Lipinski definition) is 4. The lowest BCUT2D eigenvalue weighted by atomic mass is 10.2. The van der Waals surface area contributed by atoms with Crippen molar-refractivity contribution in [1.29, 1.82) is 0 Å². The summed E-state index contributed by atoms with van der Waals surface area (Å²) in [6.45, 7) is 4.19. The second kappa shape index (κ2) is 7.74. The predicted octanol–water partition coefficient (Wildman–Crippen LogP) is 4.10. The lowest BCUT2D eigenvalue weighted by Crippen LogP contribution is -2.16. The molecule has 0 aliphatic heterocycles. The standard InChI is InChI=1S/C20H19FN4O/c1-13-4-3-5-17(10-13)24-19(26)18-11-14(2)23-20(25-18)22-12-15-6-8-16(21)9-7-15/h3-11H,12H2,1-2H3,(H,24,26)(H,22,23,25). The normalized spacial score (nSPS) is 10.4. The minimum absolute atomic E-state index is 0.278. The second-order valence-corrected chi connectivity index (χ2v) is 6.02. The number of amides is 1. The molecule has 2 N–H and O–H groups in total. The summed E-state index contributed by atoms with van der Waals surface area (Å²) < 4.78 is 13.0. The highest BCUT2D eigenvalue weighted by atomic mass is 19.1. The maximum Gasteiger partial charge on any atom is 0.274 e. The van der Waals surface area contributed by atoms with Crippen molar-refractivity contribution in [2.45, 2.75) is 20.4 Å². The van der Waals surface area contributed by atoms with Gasteiger partial charge in [0.1, 0.15) is 11.5 Å². The van der Waals surface area contributed by atoms with E-state index in [1.807, 2.05) is 31.2 Å². The summed E-state index contributed by atoms with van der Waals surface area (Å²) in [6.07, 6.45) is 0. The zero-order valence-corrected chi connectivity index (χ0v) is 14.6. The first kappa shape index (κ1) is 17.5. The van der Waals surface area contributed by atoms with E-state index in [0.29, 0.717) is 23.9 Å². The first-order chi connectivity index (χ1) is 12.5. The average molecular weight is 350 g/mol. The Bertz CT molecular complexity index is 925. The Balaban J connectivity index is 1.72. The number of rotatable bonds is 5. The molecule has 0 atom stereocenters. The zero-order chi connectivity index (χ0) is 18.5. The van der Waals surface area contributed by atoms with Crippen LogP contribution in [0, 0.1) is 19.7 Å². The quantitative estimate of drug-likeness (QED) is 0.727. The van der Waals surface area contributed by atoms with Crippen molar-refractivity contribution in [3.8, 4) is 0 Å². The molecule has 0 radical (unpaired) electrons. The number of nitrogens with one attached hydrogen (secondary N) is 2. The molecule has 132 valence electrons. The van der Waals surface area contributed by atoms with Crippen LogP contribution in [-0.4, -0.2) is 15.9 Å². The van der Waals surface area contributed by atoms with E-state index in [2.05, 4.69) is 20.6 Å². The fourth-order valence-electron chi connectivity index (χ4n) is 2.47. The van der Waals surface area contributed by atoms with Crippen LogP contribution in [0.3, 0.4) is 0 Å². The molecule has 2 aromatic carbocycles. The van der Waals surface area contributed by atoms with Crippen LogP contribution in [0.25, 0.3) is 0 Å². The van der Waals surface area contributed by atoms with Gasteiger partial charge in [-0.2, -0.15) is 0 Å². The van der Waals surface area contributed by atoms with Gasteiger partial charge in [-0.15, -0.1) is 0 Å². The Morgan fingerprint density at radius 2 is 1.81 bits per heavy atom. The summed E-state index contributed by atoms with van der Waals surface area (Å²) in [5, 5.41) is 5.90. The van der Waals surface area contributed by atoms with Gasteiger partial charge in [-0.05, 0) is 55.3 Å². The van der Waals surface area contributed by atoms with Gasteiger partial charge in [0, 0.05) is 17.9 Å². The van der Waals surface area contributed by atoms with E-state index < -0.39 is 0 Å². The summed E-state index contributed by atoms with van der Waals surface area (Å²) in [6, 6.07) is 15.4. The summed E-state index contributed by atoms with van der Waals surface area (Å²) >= 11 is 0. The maximum absolute atomic E-state index is 13.0. The smallest absolute Gasteiger partial charge is 0.274 e. The van der Waals surface area contributed by atoms with E-state index in [0.717, 1.165) is 11.1 Å². The Labute approximate surface area is 151 Å². The van der Waals surface area contributed by atoms with Crippen molar-refractivity contribution >= 4 is 17.5 Å². The number of nitrogens with zero attached hydrogens (tertiary/aromatic N) is 2. The molecule has 1 aromatic heterocycles. The molecule has 6 heteroatoms. The van der Waals surface area contributed by atoms with Crippen molar-refractivity contribution in [2.24, 2.45) is 0 Å². The Morgan fingerprint density at radius 3 is 2.54 bits per heavy atom. The summed E-state index contributed by atoms with van der Waals surface area (Å²) in [4.78, 5) is 21.0. The SMILES string of the molecule is Cc1cccc(NC(=O)c2cc(C)nc(NCc3ccc(F)cc3)n2)c1. The molecule has 3 rings (SSSR count). The number of carbonyl (C=O) groups excluding carboxylic acids is 1. The third-order valence-corrected chi connectivity index (χ3v) is 3.73. The Morgan fingerprint density at radius 1 is 1.04 bits per heavy atom. The van der Waals surface area contributed by atoms with Gasteiger partial charge in [0.2, 0.25) is 5.95 Å². The third-order valence-electron chi connectivity index (χ3n) is 3.73. The molecule has 3 aromatic rings. The number of aromatic nitrogens is 2. The molecule has 0 aliphatic rings. The largest absolute Gasteiger partial charge is 0.350 e. The van der Waals surface area contributed by atoms with Crippen molar-refractivity contribution in [2.75, 3.05) is 10.6 Å². The van der Waals surface area contributed by atoms with E-state index in [-0.39, 0.29) is 17.4 Å². The second-order valence-electron chi connectivity index (χ2n) is 6.02. The van der Waals surface area contributed by atoms with Crippen LogP contribution in [0.2, 0.25) is 0 Å². The van der Waals surface area contributed by atoms with Gasteiger partial charge in [0.25, 0.3) is 5.91 Å². The van der Waals surface area contributed by atoms with E-state index >= 15 is 0 Å². The van der Waals surface area contributed by atoms with E-state index in [9.17, 15) is 9.18 Å². The van der Waals surface area contributed by atoms with Gasteiger partial charge in [-0.1, -0.05) is 24.3 Å². The van der Waals surface area contributed by atoms with Crippen molar-refractivity contribution in [3.63, 3.8) is 0 Å². The molecular weight excluding hydrogens is 331 g/mol. The summed E-state index contributed by atoms with van der Waals surface area (Å²) in [7, 11) is 0. The number of carbonyl (C=O) groups is 1. The van der Waals surface area contributed by atoms with E-state index in [4.69, 9.17) is 0 Å². The van der Waals surface area contributed by atoms with E-state index in [1.54, 1.807) is 25.1 Å². The molecule has 1 amide bonds. The number of anilines is 2. The summed E-state index contributed by atoms with van der Waals surface area (Å²) in [5.74, 6) is -0.231. The summed E-state index contributed by atoms with van der Waals surface area (Å²) in [5.41, 5.74) is 3.62. The topological polar surface area (TPSA) is 66.9 Å². The number of aryl methyl sites for hydroxylation is 2. The molecule has 0 unspecified atom stereocenters. The Kier molecular flexibility index (Phi) is 5.22. The maximum atomic E-state index is 13.0. The lowest BCUT2D eigenvalue weighted by Gasteiger charge is -2.09. The van der Waals surface area contributed by atoms with Crippen LogP contribution in [0.4, 0.5) is 16.0 Å². The van der Waals surface area contributed by atoms with Gasteiger partial charge in [-0.25, -0.2) is 14.4 Å². The molecule has 0 aliphatic carbocycles. The zero-order valence-electron chi connectivity index (χ0n) is 14.6. The van der Waals surface area contributed by atoms with Crippen LogP contribution in [0.1, 0.15) is 27.3 Å². The van der Waals surface area contributed by atoms with Crippen LogP contribution in [0.5, 0.6) is 0 Å². The molecule has 0 saturated carbocycles. The van der Waals surface area contributed by atoms with Gasteiger partial charge < -0.3 is 10.6 Å². The third kappa shape index (κ3) is 4.63. The number of benzene rings is 2. The van der Waals surface area contributed by atoms with Crippen molar-refractivity contribution < 1.29 is 9.18 Å². The van der Waals surface area contributed by atoms with Gasteiger partial charge in [0.05, 0.1) is 0 Å². The fraction of sp³-hybridized carbons (Fsp3) is 0.150. The first-order valence-corrected chi connectivity index (χ1v) is 8.21. The molecule has 1 heterocycles. The molecule has 26 heavy (non-hydrogen) atoms. The first-order valence-electron chi connectivity index (χ1n) is 8.21. The number of halogens is 1. The lowest BCUT2D eigenvalue weighted by molar-refractivity contribution is 0.102. The van der Waals surface area contributed by atoms with Gasteiger partial charge >= 0.3 is 0 Å². The highest BCUT2D eigenvalue weighted by Gasteiger charge is 2.11. The minimum atomic E-state index is -0.300. The highest BCUT2D eigenvalue weighted by Crippen LogP contribution is 2.13. The van der Waals surface area contributed by atoms with Crippen LogP contribution < -0.4 is 10.6 Å². The van der Waals surface area contributed by atoms with Gasteiger partial charge in [0.15, 0.2) is 0 Å². The Hall–Kier alpha value is -3.28. The molecule has 0 saturated heterocycles. The molecule has 0 spiro atoms. The molecule has 0 fully saturated rings. The van der Waals surface area contributed by atoms with Crippen LogP contribution >= 0.6 is 0 Å². The average Bonchev–Trinajstić information content (AvgIpc) is 2.61. The van der Waals surface area contributed by atoms with E-state index in [1.165, 1.54) is 12.1 Å². The molecule has 5 nitrogen and oxygen atoms in total. The van der Waals surface area contributed by atoms with Crippen LogP contribution in [0.15, 0.2) is 54.6 Å². The minimum Gasteiger partial charge on any atom is -0.350 e. The predicted molar refractivity (Wildman–Crippen MR) is 99.6 cm³/mol. The number of hydrogen-bond donors (Lipinski definition) is 2. The van der Waals surface area contributed by atoms with Crippen molar-refractivity contribution in [3.05, 3.63) is 82.9 Å². The van der Waals surface area contributed by atoms with Crippen LogP contribution in [-0.2, 0) is 6.54 Å². The molecule has 0 bridgehead atoms. The van der Waals surface area contributed by atoms with Gasteiger partial charge in [-0.3, -0.25) is 4.79 Å². The molecular formula is C20H19FN4O. The fourth-order valence-corrected chi connectivity index (χ4v) is 2.47. The highest BCUT2D eigenvalue weighted by molar-refractivity contribution is 6.03. The monoisotopic (exact) mass is 350 g/mol. The van der Waals surface area contributed by atoms with Crippen molar-refractivity contribution in [1.82, 2.24) is 9.97 Å².